The third-order valence-electron chi connectivity index (χ3n) is 8.90. The molecule has 3 aromatic rings. The third kappa shape index (κ3) is 6.20. The zero-order valence-electron chi connectivity index (χ0n) is 22.7. The summed E-state index contributed by atoms with van der Waals surface area (Å²) < 4.78 is 118. The Morgan fingerprint density at radius 1 is 0.667 bits per heavy atom. The van der Waals surface area contributed by atoms with Crippen molar-refractivity contribution < 1.29 is 39.9 Å². The molecule has 0 unspecified atom stereocenters. The van der Waals surface area contributed by atoms with Gasteiger partial charge in [0.05, 0.1) is 0 Å². The smallest absolute Gasteiger partial charge is 0.429 e. The van der Waals surface area contributed by atoms with Crippen LogP contribution in [-0.4, -0.2) is 0 Å². The average molecular weight is 595 g/mol. The summed E-state index contributed by atoms with van der Waals surface area (Å²) in [5.41, 5.74) is -1.56. The van der Waals surface area contributed by atoms with Gasteiger partial charge in [-0.1, -0.05) is 18.2 Å². The molecule has 1 nitrogen and oxygen atoms in total. The summed E-state index contributed by atoms with van der Waals surface area (Å²) in [6.07, 6.45) is 6.06. The van der Waals surface area contributed by atoms with Crippen LogP contribution < -0.4 is 4.74 Å². The molecule has 0 radical (unpaired) electrons. The van der Waals surface area contributed by atoms with E-state index in [2.05, 4.69) is 17.4 Å². The number of ether oxygens (including phenoxy) is 1. The standard InChI is InChI=1S/C33H30F8O/c1-2-18-3-5-19(6-4-18)20-7-9-21(10-8-20)22-11-12-25(26(34)13-22)23-14-27(35)31(28(36)15-23)33(40,41)42-24-16-29(37)32(39)30(38)17-24/h2,11-21H,1,3-10H2. The number of rotatable bonds is 7. The fourth-order valence-corrected chi connectivity index (χ4v) is 6.59. The highest BCUT2D eigenvalue weighted by Crippen LogP contribution is 2.45. The van der Waals surface area contributed by atoms with Crippen LogP contribution in [0.2, 0.25) is 0 Å². The van der Waals surface area contributed by atoms with Crippen LogP contribution in [0.3, 0.4) is 0 Å². The van der Waals surface area contributed by atoms with Gasteiger partial charge in [0.1, 0.15) is 28.8 Å². The lowest BCUT2D eigenvalue weighted by atomic mass is 9.68. The second kappa shape index (κ2) is 12.1. The molecule has 0 heterocycles. The largest absolute Gasteiger partial charge is 0.432 e. The first kappa shape index (κ1) is 30.1. The van der Waals surface area contributed by atoms with Gasteiger partial charge in [-0.15, -0.1) is 6.58 Å². The molecule has 2 fully saturated rings. The molecule has 0 saturated heterocycles. The van der Waals surface area contributed by atoms with Crippen molar-refractivity contribution in [3.05, 3.63) is 101 Å². The van der Waals surface area contributed by atoms with Crippen molar-refractivity contribution in [3.8, 4) is 16.9 Å². The molecule has 3 aromatic carbocycles. The Morgan fingerprint density at radius 3 is 1.74 bits per heavy atom. The number of halogens is 8. The summed E-state index contributed by atoms with van der Waals surface area (Å²) in [7, 11) is 0. The molecule has 2 saturated carbocycles. The SMILES string of the molecule is C=CC1CCC(C2CCC(c3ccc(-c4cc(F)c(C(F)(F)Oc5cc(F)c(F)c(F)c5)c(F)c4)c(F)c3)CC2)CC1. The molecule has 0 aromatic heterocycles. The van der Waals surface area contributed by atoms with Crippen LogP contribution in [0.4, 0.5) is 35.1 Å². The van der Waals surface area contributed by atoms with E-state index in [0.29, 0.717) is 29.9 Å². The van der Waals surface area contributed by atoms with E-state index in [4.69, 9.17) is 0 Å². The Labute approximate surface area is 239 Å². The maximum atomic E-state index is 15.2. The van der Waals surface area contributed by atoms with Crippen molar-refractivity contribution in [3.63, 3.8) is 0 Å². The second-order valence-corrected chi connectivity index (χ2v) is 11.4. The van der Waals surface area contributed by atoms with Gasteiger partial charge >= 0.3 is 6.11 Å². The van der Waals surface area contributed by atoms with Crippen LogP contribution in [0.1, 0.15) is 68.4 Å². The molecule has 0 amide bonds. The van der Waals surface area contributed by atoms with Crippen molar-refractivity contribution >= 4 is 0 Å². The molecular weight excluding hydrogens is 564 g/mol. The lowest BCUT2D eigenvalue weighted by Gasteiger charge is -2.37. The molecule has 0 atom stereocenters. The van der Waals surface area contributed by atoms with Gasteiger partial charge in [0.15, 0.2) is 17.5 Å². The summed E-state index contributed by atoms with van der Waals surface area (Å²) in [5.74, 6) is -8.89. The van der Waals surface area contributed by atoms with E-state index >= 15 is 4.39 Å². The van der Waals surface area contributed by atoms with Gasteiger partial charge in [0.25, 0.3) is 0 Å². The van der Waals surface area contributed by atoms with Crippen molar-refractivity contribution in [2.24, 2.45) is 17.8 Å². The molecule has 9 heteroatoms. The van der Waals surface area contributed by atoms with Gasteiger partial charge < -0.3 is 4.74 Å². The van der Waals surface area contributed by atoms with Crippen LogP contribution in [-0.2, 0) is 6.11 Å². The lowest BCUT2D eigenvalue weighted by Crippen LogP contribution is -2.25. The fraction of sp³-hybridized carbons (Fsp3) is 0.394. The van der Waals surface area contributed by atoms with Crippen molar-refractivity contribution in [1.82, 2.24) is 0 Å². The highest BCUT2D eigenvalue weighted by Gasteiger charge is 2.42. The van der Waals surface area contributed by atoms with Gasteiger partial charge in [-0.05, 0) is 104 Å². The predicted molar refractivity (Wildman–Crippen MR) is 143 cm³/mol. The Kier molecular flexibility index (Phi) is 8.67. The van der Waals surface area contributed by atoms with E-state index in [1.807, 2.05) is 0 Å². The quantitative estimate of drug-likeness (QED) is 0.150. The van der Waals surface area contributed by atoms with Crippen LogP contribution >= 0.6 is 0 Å². The van der Waals surface area contributed by atoms with Crippen LogP contribution in [0.15, 0.2) is 55.1 Å². The molecule has 224 valence electrons. The number of allylic oxidation sites excluding steroid dienone is 1. The second-order valence-electron chi connectivity index (χ2n) is 11.4. The summed E-state index contributed by atoms with van der Waals surface area (Å²) in [5, 5.41) is 0. The summed E-state index contributed by atoms with van der Waals surface area (Å²) in [6.45, 7) is 3.91. The van der Waals surface area contributed by atoms with E-state index in [1.54, 1.807) is 6.07 Å². The first-order valence-electron chi connectivity index (χ1n) is 14.1. The number of hydrogen-bond donors (Lipinski definition) is 0. The molecule has 0 N–H and O–H groups in total. The van der Waals surface area contributed by atoms with E-state index in [-0.39, 0.29) is 29.2 Å². The molecule has 2 aliphatic rings. The number of alkyl halides is 2. The maximum absolute atomic E-state index is 15.2. The van der Waals surface area contributed by atoms with Gasteiger partial charge in [-0.2, -0.15) is 8.78 Å². The van der Waals surface area contributed by atoms with Crippen LogP contribution in [0.25, 0.3) is 11.1 Å². The zero-order chi connectivity index (χ0) is 30.2. The van der Waals surface area contributed by atoms with Crippen molar-refractivity contribution in [2.45, 2.75) is 63.4 Å². The summed E-state index contributed by atoms with van der Waals surface area (Å²) in [4.78, 5) is 0. The van der Waals surface area contributed by atoms with Gasteiger partial charge in [-0.3, -0.25) is 0 Å². The molecule has 0 aliphatic heterocycles. The Balaban J connectivity index is 1.29. The van der Waals surface area contributed by atoms with E-state index in [9.17, 15) is 30.7 Å². The summed E-state index contributed by atoms with van der Waals surface area (Å²) in [6, 6.07) is 5.70. The molecule has 0 bridgehead atoms. The highest BCUT2D eigenvalue weighted by molar-refractivity contribution is 5.65. The van der Waals surface area contributed by atoms with Crippen molar-refractivity contribution in [2.75, 3.05) is 0 Å². The number of benzene rings is 3. The monoisotopic (exact) mass is 594 g/mol. The molecular formula is C33H30F8O. The number of hydrogen-bond acceptors (Lipinski definition) is 1. The topological polar surface area (TPSA) is 9.23 Å². The Hall–Kier alpha value is -3.36. The normalized spacial score (nSPS) is 23.0. The zero-order valence-corrected chi connectivity index (χ0v) is 22.7. The van der Waals surface area contributed by atoms with Gasteiger partial charge in [0, 0.05) is 17.7 Å². The Morgan fingerprint density at radius 2 is 1.21 bits per heavy atom. The summed E-state index contributed by atoms with van der Waals surface area (Å²) >= 11 is 0. The van der Waals surface area contributed by atoms with E-state index < -0.39 is 52.3 Å². The fourth-order valence-electron chi connectivity index (χ4n) is 6.59. The minimum absolute atomic E-state index is 0.119. The minimum atomic E-state index is -4.73. The maximum Gasteiger partial charge on any atom is 0.432 e. The molecule has 2 aliphatic carbocycles. The van der Waals surface area contributed by atoms with E-state index in [1.165, 1.54) is 37.8 Å². The first-order chi connectivity index (χ1) is 20.0. The van der Waals surface area contributed by atoms with Gasteiger partial charge in [0.2, 0.25) is 0 Å². The van der Waals surface area contributed by atoms with Crippen molar-refractivity contribution in [1.29, 1.82) is 0 Å². The average Bonchev–Trinajstić information content (AvgIpc) is 2.95. The lowest BCUT2D eigenvalue weighted by molar-refractivity contribution is -0.189. The van der Waals surface area contributed by atoms with Crippen LogP contribution in [0.5, 0.6) is 5.75 Å². The van der Waals surface area contributed by atoms with Gasteiger partial charge in [-0.25, -0.2) is 26.3 Å². The molecule has 42 heavy (non-hydrogen) atoms. The Bertz CT molecular complexity index is 1410. The first-order valence-corrected chi connectivity index (χ1v) is 14.1. The minimum Gasteiger partial charge on any atom is -0.429 e. The predicted octanol–water partition coefficient (Wildman–Crippen LogP) is 10.6. The molecule has 0 spiro atoms. The third-order valence-corrected chi connectivity index (χ3v) is 8.90. The van der Waals surface area contributed by atoms with E-state index in [0.717, 1.165) is 31.2 Å². The highest BCUT2D eigenvalue weighted by atomic mass is 19.3. The van der Waals surface area contributed by atoms with Crippen LogP contribution in [0, 0.1) is 52.7 Å². The molecule has 5 rings (SSSR count).